The number of unbranched alkanes of at least 4 members (excludes halogenated alkanes) is 2. The van der Waals surface area contributed by atoms with Crippen LogP contribution < -0.4 is 4.74 Å². The molecule has 0 bridgehead atoms. The molecule has 0 radical (unpaired) electrons. The lowest BCUT2D eigenvalue weighted by Crippen LogP contribution is -2.21. The van der Waals surface area contributed by atoms with Crippen LogP contribution in [0, 0.1) is 0 Å². The number of Topliss-reactive ketones (excluding diaryl/α,β-unsaturated/α-hetero) is 1. The van der Waals surface area contributed by atoms with Crippen molar-refractivity contribution in [3.05, 3.63) is 28.8 Å². The average Bonchev–Trinajstić information content (AvgIpc) is 2.40. The first-order chi connectivity index (χ1) is 10.5. The Kier molecular flexibility index (Phi) is 6.44. The van der Waals surface area contributed by atoms with Gasteiger partial charge < -0.3 is 4.74 Å². The molecule has 0 aliphatic rings. The van der Waals surface area contributed by atoms with Gasteiger partial charge in [-0.2, -0.15) is 0 Å². The van der Waals surface area contributed by atoms with E-state index in [1.54, 1.807) is 6.92 Å². The molecule has 2 heteroatoms. The van der Waals surface area contributed by atoms with E-state index in [4.69, 9.17) is 4.74 Å². The summed E-state index contributed by atoms with van der Waals surface area (Å²) in [5.41, 5.74) is 2.91. The Morgan fingerprint density at radius 2 is 1.43 bits per heavy atom. The molecule has 0 saturated heterocycles. The van der Waals surface area contributed by atoms with Gasteiger partial charge >= 0.3 is 0 Å². The molecule has 0 heterocycles. The zero-order chi connectivity index (χ0) is 17.8. The second kappa shape index (κ2) is 7.51. The lowest BCUT2D eigenvalue weighted by atomic mass is 9.78. The number of carbonyl (C=O) groups is 1. The van der Waals surface area contributed by atoms with Gasteiger partial charge in [-0.25, -0.2) is 0 Å². The van der Waals surface area contributed by atoms with Gasteiger partial charge in [0.2, 0.25) is 0 Å². The quantitative estimate of drug-likeness (QED) is 0.471. The van der Waals surface area contributed by atoms with E-state index in [0.717, 1.165) is 35.5 Å². The van der Waals surface area contributed by atoms with Crippen LogP contribution in [-0.2, 0) is 10.8 Å². The third kappa shape index (κ3) is 5.37. The van der Waals surface area contributed by atoms with E-state index in [0.29, 0.717) is 0 Å². The highest BCUT2D eigenvalue weighted by Gasteiger charge is 2.28. The summed E-state index contributed by atoms with van der Waals surface area (Å²) in [4.78, 5) is 12.0. The van der Waals surface area contributed by atoms with Crippen molar-refractivity contribution in [3.8, 4) is 5.75 Å². The van der Waals surface area contributed by atoms with Crippen LogP contribution in [0.2, 0.25) is 0 Å². The van der Waals surface area contributed by atoms with Gasteiger partial charge in [0.25, 0.3) is 0 Å². The van der Waals surface area contributed by atoms with Crippen LogP contribution in [0.1, 0.15) is 96.1 Å². The normalized spacial score (nSPS) is 12.3. The minimum absolute atomic E-state index is 0.0639. The summed E-state index contributed by atoms with van der Waals surface area (Å²) < 4.78 is 6.25. The largest absolute Gasteiger partial charge is 0.493 e. The highest BCUT2D eigenvalue weighted by atomic mass is 16.5. The number of rotatable bonds is 6. The van der Waals surface area contributed by atoms with Crippen LogP contribution in [-0.4, -0.2) is 12.4 Å². The van der Waals surface area contributed by atoms with Crippen LogP contribution in [0.25, 0.3) is 0 Å². The molecule has 1 aromatic rings. The molecule has 0 fully saturated rings. The Morgan fingerprint density at radius 1 is 0.957 bits per heavy atom. The van der Waals surface area contributed by atoms with Gasteiger partial charge in [0.05, 0.1) is 6.61 Å². The summed E-state index contributed by atoms with van der Waals surface area (Å²) in [6, 6.07) is 4.04. The molecule has 23 heavy (non-hydrogen) atoms. The predicted octanol–water partition coefficient (Wildman–Crippen LogP) is 6.05. The Balaban J connectivity index is 3.44. The van der Waals surface area contributed by atoms with Gasteiger partial charge in [0, 0.05) is 16.7 Å². The topological polar surface area (TPSA) is 26.3 Å². The Bertz CT molecular complexity index is 507. The second-order valence-electron chi connectivity index (χ2n) is 8.51. The minimum atomic E-state index is -0.0639. The molecule has 0 atom stereocenters. The van der Waals surface area contributed by atoms with Crippen molar-refractivity contribution < 1.29 is 9.53 Å². The molecule has 0 aliphatic heterocycles. The molecule has 1 rings (SSSR count). The summed E-state index contributed by atoms with van der Waals surface area (Å²) in [5.74, 6) is 1.09. The van der Waals surface area contributed by atoms with Crippen molar-refractivity contribution in [2.75, 3.05) is 6.61 Å². The molecule has 0 saturated carbocycles. The van der Waals surface area contributed by atoms with Crippen LogP contribution in [0.5, 0.6) is 5.75 Å². The Hall–Kier alpha value is -1.31. The molecule has 0 N–H and O–H groups in total. The van der Waals surface area contributed by atoms with Gasteiger partial charge in [-0.15, -0.1) is 0 Å². The highest BCUT2D eigenvalue weighted by Crippen LogP contribution is 2.41. The van der Waals surface area contributed by atoms with E-state index in [1.807, 2.05) is 12.1 Å². The van der Waals surface area contributed by atoms with Gasteiger partial charge in [-0.3, -0.25) is 4.79 Å². The molecule has 0 unspecified atom stereocenters. The predicted molar refractivity (Wildman–Crippen MR) is 98.9 cm³/mol. The summed E-state index contributed by atoms with van der Waals surface area (Å²) in [5, 5.41) is 0. The van der Waals surface area contributed by atoms with Crippen LogP contribution in [0.15, 0.2) is 12.1 Å². The number of ketones is 1. The van der Waals surface area contributed by atoms with Gasteiger partial charge in [-0.05, 0) is 36.3 Å². The zero-order valence-electron chi connectivity index (χ0n) is 16.3. The molecular formula is C21H34O2. The zero-order valence-corrected chi connectivity index (χ0v) is 16.3. The van der Waals surface area contributed by atoms with Crippen LogP contribution in [0.4, 0.5) is 0 Å². The fourth-order valence-electron chi connectivity index (χ4n) is 2.63. The van der Waals surface area contributed by atoms with Crippen molar-refractivity contribution in [2.45, 2.75) is 85.5 Å². The molecule has 0 amide bonds. The van der Waals surface area contributed by atoms with E-state index in [1.165, 1.54) is 12.8 Å². The molecular weight excluding hydrogens is 284 g/mol. The molecule has 130 valence electrons. The van der Waals surface area contributed by atoms with Crippen molar-refractivity contribution in [3.63, 3.8) is 0 Å². The monoisotopic (exact) mass is 318 g/mol. The van der Waals surface area contributed by atoms with E-state index in [2.05, 4.69) is 48.5 Å². The maximum atomic E-state index is 12.0. The molecule has 0 aliphatic carbocycles. The number of ether oxygens (including phenoxy) is 1. The fraction of sp³-hybridized carbons (Fsp3) is 0.667. The highest BCUT2D eigenvalue weighted by molar-refractivity contribution is 5.95. The van der Waals surface area contributed by atoms with Crippen LogP contribution >= 0.6 is 0 Å². The second-order valence-corrected chi connectivity index (χ2v) is 8.51. The van der Waals surface area contributed by atoms with Crippen molar-refractivity contribution in [1.29, 1.82) is 0 Å². The van der Waals surface area contributed by atoms with E-state index in [9.17, 15) is 4.79 Å². The van der Waals surface area contributed by atoms with E-state index >= 15 is 0 Å². The molecule has 2 nitrogen and oxygen atoms in total. The Morgan fingerprint density at radius 3 is 1.78 bits per heavy atom. The van der Waals surface area contributed by atoms with Crippen molar-refractivity contribution in [1.82, 2.24) is 0 Å². The summed E-state index contributed by atoms with van der Waals surface area (Å²) in [7, 11) is 0. The first-order valence-electron chi connectivity index (χ1n) is 8.81. The Labute approximate surface area is 142 Å². The van der Waals surface area contributed by atoms with E-state index in [-0.39, 0.29) is 16.6 Å². The summed E-state index contributed by atoms with van der Waals surface area (Å²) in [6.07, 6.45) is 3.43. The lowest BCUT2D eigenvalue weighted by molar-refractivity contribution is 0.101. The third-order valence-electron chi connectivity index (χ3n) is 4.11. The third-order valence-corrected chi connectivity index (χ3v) is 4.11. The first-order valence-corrected chi connectivity index (χ1v) is 8.81. The maximum absolute atomic E-state index is 12.0. The number of hydrogen-bond acceptors (Lipinski definition) is 2. The molecule has 0 aromatic heterocycles. The van der Waals surface area contributed by atoms with Gasteiger partial charge in [-0.1, -0.05) is 61.3 Å². The van der Waals surface area contributed by atoms with Crippen molar-refractivity contribution in [2.24, 2.45) is 0 Å². The first kappa shape index (κ1) is 19.7. The number of hydrogen-bond donors (Lipinski definition) is 0. The molecule has 1 aromatic carbocycles. The standard InChI is InChI=1S/C21H34O2/c1-9-10-11-12-23-19-17(20(3,4)5)13-16(15(2)22)14-18(19)21(6,7)8/h13-14H,9-12H2,1-8H3. The average molecular weight is 319 g/mol. The smallest absolute Gasteiger partial charge is 0.159 e. The van der Waals surface area contributed by atoms with E-state index < -0.39 is 0 Å². The van der Waals surface area contributed by atoms with Gasteiger partial charge in [0.15, 0.2) is 5.78 Å². The fourth-order valence-corrected chi connectivity index (χ4v) is 2.63. The SMILES string of the molecule is CCCCCOc1c(C(C)(C)C)cc(C(C)=O)cc1C(C)(C)C. The number of carbonyl (C=O) groups excluding carboxylic acids is 1. The van der Waals surface area contributed by atoms with Crippen LogP contribution in [0.3, 0.4) is 0 Å². The summed E-state index contributed by atoms with van der Waals surface area (Å²) >= 11 is 0. The lowest BCUT2D eigenvalue weighted by Gasteiger charge is -2.30. The minimum Gasteiger partial charge on any atom is -0.493 e. The number of benzene rings is 1. The van der Waals surface area contributed by atoms with Gasteiger partial charge in [0.1, 0.15) is 5.75 Å². The summed E-state index contributed by atoms with van der Waals surface area (Å²) in [6.45, 7) is 17.6. The van der Waals surface area contributed by atoms with Crippen molar-refractivity contribution >= 4 is 5.78 Å². The molecule has 0 spiro atoms. The maximum Gasteiger partial charge on any atom is 0.159 e.